The van der Waals surface area contributed by atoms with Gasteiger partial charge in [-0.3, -0.25) is 4.79 Å². The number of carbonyl (C=O) groups is 1. The van der Waals surface area contributed by atoms with Crippen molar-refractivity contribution < 1.29 is 22.7 Å². The first-order chi connectivity index (χ1) is 11.9. The summed E-state index contributed by atoms with van der Waals surface area (Å²) in [6.45, 7) is 0.263. The van der Waals surface area contributed by atoms with Gasteiger partial charge in [0.15, 0.2) is 11.5 Å². The smallest absolute Gasteiger partial charge is 0.250 e. The van der Waals surface area contributed by atoms with Gasteiger partial charge in [-0.2, -0.15) is 0 Å². The minimum atomic E-state index is -3.61. The number of ether oxygens (including phenoxy) is 2. The quantitative estimate of drug-likeness (QED) is 0.824. The number of rotatable bonds is 6. The van der Waals surface area contributed by atoms with E-state index in [9.17, 15) is 13.2 Å². The van der Waals surface area contributed by atoms with E-state index in [4.69, 9.17) is 9.47 Å². The van der Waals surface area contributed by atoms with Gasteiger partial charge >= 0.3 is 0 Å². The lowest BCUT2D eigenvalue weighted by molar-refractivity contribution is -0.117. The molecule has 1 N–H and O–H groups in total. The molecule has 0 radical (unpaired) electrons. The van der Waals surface area contributed by atoms with Gasteiger partial charge in [0.05, 0.1) is 14.2 Å². The van der Waals surface area contributed by atoms with Crippen molar-refractivity contribution in [3.8, 4) is 11.5 Å². The minimum Gasteiger partial charge on any atom is -0.493 e. The monoisotopic (exact) mass is 382 g/mol. The summed E-state index contributed by atoms with van der Waals surface area (Å²) in [4.78, 5) is 13.9. The highest BCUT2D eigenvalue weighted by atomic mass is 32.2. The molecule has 1 aliphatic heterocycles. The van der Waals surface area contributed by atoms with Crippen LogP contribution in [0.25, 0.3) is 0 Å². The molecule has 25 heavy (non-hydrogen) atoms. The van der Waals surface area contributed by atoms with Crippen molar-refractivity contribution >= 4 is 33.0 Å². The first kappa shape index (κ1) is 17.7. The van der Waals surface area contributed by atoms with E-state index in [0.29, 0.717) is 17.2 Å². The van der Waals surface area contributed by atoms with E-state index in [1.165, 1.54) is 20.3 Å². The zero-order chi connectivity index (χ0) is 18.0. The van der Waals surface area contributed by atoms with Crippen molar-refractivity contribution in [3.63, 3.8) is 0 Å². The van der Waals surface area contributed by atoms with Crippen LogP contribution in [0.3, 0.4) is 0 Å². The van der Waals surface area contributed by atoms with Crippen LogP contribution in [0.2, 0.25) is 0 Å². The minimum absolute atomic E-state index is 0.110. The first-order valence-electron chi connectivity index (χ1n) is 7.53. The summed E-state index contributed by atoms with van der Waals surface area (Å²) in [6, 6.07) is 7.89. The molecule has 2 aromatic rings. The molecule has 2 heterocycles. The number of hydrogen-bond donors (Lipinski definition) is 1. The van der Waals surface area contributed by atoms with Crippen LogP contribution in [-0.2, 0) is 14.8 Å². The molecular formula is C16H18N2O5S2. The molecule has 3 rings (SSSR count). The highest BCUT2D eigenvalue weighted by Gasteiger charge is 2.34. The van der Waals surface area contributed by atoms with Crippen LogP contribution in [0, 0.1) is 0 Å². The van der Waals surface area contributed by atoms with E-state index in [0.717, 1.165) is 11.3 Å². The SMILES string of the molecule is COc1ccc(N2C[C@H](NS(=O)(=O)c3cccs3)CC2=O)cc1OC. The molecule has 9 heteroatoms. The van der Waals surface area contributed by atoms with Crippen LogP contribution < -0.4 is 19.1 Å². The fourth-order valence-corrected chi connectivity index (χ4v) is 4.96. The third-order valence-electron chi connectivity index (χ3n) is 3.89. The van der Waals surface area contributed by atoms with E-state index >= 15 is 0 Å². The zero-order valence-corrected chi connectivity index (χ0v) is 15.4. The summed E-state index contributed by atoms with van der Waals surface area (Å²) >= 11 is 1.14. The molecule has 1 aromatic carbocycles. The number of sulfonamides is 1. The van der Waals surface area contributed by atoms with Gasteiger partial charge in [0, 0.05) is 30.8 Å². The summed E-state index contributed by atoms with van der Waals surface area (Å²) in [6.07, 6.45) is 0.110. The molecule has 0 unspecified atom stereocenters. The number of nitrogens with zero attached hydrogens (tertiary/aromatic N) is 1. The van der Waals surface area contributed by atoms with Crippen LogP contribution >= 0.6 is 11.3 Å². The van der Waals surface area contributed by atoms with Crippen molar-refractivity contribution in [1.82, 2.24) is 4.72 Å². The van der Waals surface area contributed by atoms with Gasteiger partial charge < -0.3 is 14.4 Å². The Morgan fingerprint density at radius 1 is 1.20 bits per heavy atom. The normalized spacial score (nSPS) is 17.8. The van der Waals surface area contributed by atoms with Crippen LogP contribution in [0.15, 0.2) is 39.9 Å². The highest BCUT2D eigenvalue weighted by Crippen LogP contribution is 2.33. The third kappa shape index (κ3) is 3.63. The molecule has 1 amide bonds. The fraction of sp³-hybridized carbons (Fsp3) is 0.312. The summed E-state index contributed by atoms with van der Waals surface area (Å²) in [5.41, 5.74) is 0.639. The van der Waals surface area contributed by atoms with E-state index in [1.54, 1.807) is 34.5 Å². The highest BCUT2D eigenvalue weighted by molar-refractivity contribution is 7.91. The lowest BCUT2D eigenvalue weighted by atomic mass is 10.2. The molecule has 134 valence electrons. The molecular weight excluding hydrogens is 364 g/mol. The number of benzene rings is 1. The predicted octanol–water partition coefficient (Wildman–Crippen LogP) is 1.85. The Hall–Kier alpha value is -2.10. The summed E-state index contributed by atoms with van der Waals surface area (Å²) in [5.74, 6) is 0.925. The largest absolute Gasteiger partial charge is 0.493 e. The number of anilines is 1. The summed E-state index contributed by atoms with van der Waals surface area (Å²) < 4.78 is 37.9. The molecule has 0 saturated carbocycles. The van der Waals surface area contributed by atoms with Crippen molar-refractivity contribution in [2.45, 2.75) is 16.7 Å². The lowest BCUT2D eigenvalue weighted by Gasteiger charge is -2.19. The van der Waals surface area contributed by atoms with Gasteiger partial charge in [0.2, 0.25) is 15.9 Å². The Labute approximate surface area is 150 Å². The van der Waals surface area contributed by atoms with Gasteiger partial charge in [0.1, 0.15) is 4.21 Å². The van der Waals surface area contributed by atoms with Gasteiger partial charge in [-0.15, -0.1) is 11.3 Å². The maximum absolute atomic E-state index is 12.3. The number of hydrogen-bond acceptors (Lipinski definition) is 6. The van der Waals surface area contributed by atoms with E-state index in [1.807, 2.05) is 0 Å². The molecule has 7 nitrogen and oxygen atoms in total. The second-order valence-corrected chi connectivity index (χ2v) is 8.39. The second kappa shape index (κ2) is 7.03. The van der Waals surface area contributed by atoms with Crippen LogP contribution in [0.4, 0.5) is 5.69 Å². The lowest BCUT2D eigenvalue weighted by Crippen LogP contribution is -2.36. The van der Waals surface area contributed by atoms with Gasteiger partial charge in [-0.25, -0.2) is 13.1 Å². The Morgan fingerprint density at radius 2 is 1.96 bits per heavy atom. The number of methoxy groups -OCH3 is 2. The van der Waals surface area contributed by atoms with Crippen molar-refractivity contribution in [3.05, 3.63) is 35.7 Å². The Kier molecular flexibility index (Phi) is 4.98. The van der Waals surface area contributed by atoms with Crippen molar-refractivity contribution in [2.75, 3.05) is 25.7 Å². The summed E-state index contributed by atoms with van der Waals surface area (Å²) in [5, 5.41) is 1.70. The Bertz CT molecular complexity index is 865. The molecule has 0 aliphatic carbocycles. The van der Waals surface area contributed by atoms with Crippen molar-refractivity contribution in [1.29, 1.82) is 0 Å². The number of nitrogens with one attached hydrogen (secondary N) is 1. The number of thiophene rings is 1. The van der Waals surface area contributed by atoms with Gasteiger partial charge in [-0.1, -0.05) is 6.07 Å². The average Bonchev–Trinajstić information content (AvgIpc) is 3.24. The molecule has 1 atom stereocenters. The first-order valence-corrected chi connectivity index (χ1v) is 9.89. The van der Waals surface area contributed by atoms with Gasteiger partial charge in [-0.05, 0) is 23.6 Å². The van der Waals surface area contributed by atoms with E-state index in [2.05, 4.69) is 4.72 Å². The average molecular weight is 382 g/mol. The summed E-state index contributed by atoms with van der Waals surface area (Å²) in [7, 11) is -0.553. The molecule has 1 aromatic heterocycles. The Morgan fingerprint density at radius 3 is 2.60 bits per heavy atom. The van der Waals surface area contributed by atoms with E-state index in [-0.39, 0.29) is 23.1 Å². The standard InChI is InChI=1S/C16H18N2O5S2/c1-22-13-6-5-12(9-14(13)23-2)18-10-11(8-15(18)19)17-25(20,21)16-4-3-7-24-16/h3-7,9,11,17H,8,10H2,1-2H3/t11-/m1/s1. The van der Waals surface area contributed by atoms with Crippen LogP contribution in [-0.4, -0.2) is 41.1 Å². The maximum Gasteiger partial charge on any atom is 0.250 e. The maximum atomic E-state index is 12.3. The predicted molar refractivity (Wildman–Crippen MR) is 94.9 cm³/mol. The molecule has 1 aliphatic rings. The van der Waals surface area contributed by atoms with Crippen LogP contribution in [0.5, 0.6) is 11.5 Å². The molecule has 1 saturated heterocycles. The number of carbonyl (C=O) groups excluding carboxylic acids is 1. The fourth-order valence-electron chi connectivity index (χ4n) is 2.72. The molecule has 0 spiro atoms. The molecule has 1 fully saturated rings. The Balaban J connectivity index is 1.77. The number of amides is 1. The van der Waals surface area contributed by atoms with Crippen LogP contribution in [0.1, 0.15) is 6.42 Å². The third-order valence-corrected chi connectivity index (χ3v) is 6.80. The molecule has 0 bridgehead atoms. The van der Waals surface area contributed by atoms with Gasteiger partial charge in [0.25, 0.3) is 0 Å². The second-order valence-electron chi connectivity index (χ2n) is 5.50. The topological polar surface area (TPSA) is 84.9 Å². The van der Waals surface area contributed by atoms with E-state index < -0.39 is 16.1 Å². The van der Waals surface area contributed by atoms with Crippen molar-refractivity contribution in [2.24, 2.45) is 0 Å². The zero-order valence-electron chi connectivity index (χ0n) is 13.8.